The van der Waals surface area contributed by atoms with Crippen molar-refractivity contribution in [3.8, 4) is 0 Å². The molecule has 3 rings (SSSR count). The lowest BCUT2D eigenvalue weighted by Gasteiger charge is -2.23. The van der Waals surface area contributed by atoms with E-state index in [4.69, 9.17) is 4.42 Å². The first-order chi connectivity index (χ1) is 11.9. The molecule has 1 atom stereocenters. The number of likely N-dealkylation sites (tertiary alicyclic amines) is 1. The van der Waals surface area contributed by atoms with Crippen molar-refractivity contribution in [2.24, 2.45) is 7.05 Å². The van der Waals surface area contributed by atoms with Gasteiger partial charge in [0, 0.05) is 50.9 Å². The lowest BCUT2D eigenvalue weighted by molar-refractivity contribution is 0.203. The molecule has 25 heavy (non-hydrogen) atoms. The van der Waals surface area contributed by atoms with Crippen LogP contribution in [0.25, 0.3) is 0 Å². The number of hydrogen-bond acceptors (Lipinski definition) is 5. The summed E-state index contributed by atoms with van der Waals surface area (Å²) in [6, 6.07) is 4.25. The van der Waals surface area contributed by atoms with E-state index in [1.165, 1.54) is 0 Å². The molecule has 1 saturated heterocycles. The molecule has 2 aromatic heterocycles. The third-order valence-electron chi connectivity index (χ3n) is 4.97. The molecular formula is C19H28N4O2. The fourth-order valence-electron chi connectivity index (χ4n) is 3.27. The maximum atomic E-state index is 11.8. The average Bonchev–Trinajstić information content (AvgIpc) is 3.20. The lowest BCUT2D eigenvalue weighted by atomic mass is 10.2. The van der Waals surface area contributed by atoms with E-state index < -0.39 is 0 Å². The van der Waals surface area contributed by atoms with Crippen molar-refractivity contribution in [1.29, 1.82) is 0 Å². The molecule has 1 fully saturated rings. The van der Waals surface area contributed by atoms with Gasteiger partial charge in [-0.2, -0.15) is 0 Å². The van der Waals surface area contributed by atoms with Crippen molar-refractivity contribution >= 4 is 0 Å². The Morgan fingerprint density at radius 2 is 2.24 bits per heavy atom. The van der Waals surface area contributed by atoms with Crippen molar-refractivity contribution in [1.82, 2.24) is 19.4 Å². The van der Waals surface area contributed by atoms with E-state index in [-0.39, 0.29) is 5.56 Å². The number of nitrogens with zero attached hydrogens (tertiary/aromatic N) is 4. The van der Waals surface area contributed by atoms with E-state index >= 15 is 0 Å². The monoisotopic (exact) mass is 344 g/mol. The second-order valence-electron chi connectivity index (χ2n) is 7.39. The van der Waals surface area contributed by atoms with Crippen molar-refractivity contribution in [3.05, 3.63) is 52.1 Å². The first kappa shape index (κ1) is 17.9. The van der Waals surface area contributed by atoms with Crippen LogP contribution in [0.2, 0.25) is 0 Å². The van der Waals surface area contributed by atoms with Gasteiger partial charge in [-0.3, -0.25) is 14.6 Å². The summed E-state index contributed by atoms with van der Waals surface area (Å²) >= 11 is 0. The van der Waals surface area contributed by atoms with E-state index in [9.17, 15) is 4.79 Å². The van der Waals surface area contributed by atoms with Crippen LogP contribution in [0.15, 0.2) is 33.7 Å². The van der Waals surface area contributed by atoms with Crippen LogP contribution in [-0.4, -0.2) is 45.5 Å². The highest BCUT2D eigenvalue weighted by Gasteiger charge is 2.26. The van der Waals surface area contributed by atoms with Gasteiger partial charge < -0.3 is 8.98 Å². The van der Waals surface area contributed by atoms with E-state index in [2.05, 4.69) is 35.7 Å². The van der Waals surface area contributed by atoms with Gasteiger partial charge in [-0.1, -0.05) is 13.8 Å². The molecule has 6 heteroatoms. The fourth-order valence-corrected chi connectivity index (χ4v) is 3.27. The smallest absolute Gasteiger partial charge is 0.250 e. The predicted octanol–water partition coefficient (Wildman–Crippen LogP) is 2.20. The molecule has 0 aromatic carbocycles. The molecule has 1 aliphatic heterocycles. The Morgan fingerprint density at radius 3 is 2.92 bits per heavy atom. The Kier molecular flexibility index (Phi) is 5.39. The highest BCUT2D eigenvalue weighted by molar-refractivity contribution is 5.11. The van der Waals surface area contributed by atoms with Crippen molar-refractivity contribution < 1.29 is 4.42 Å². The molecule has 1 aliphatic rings. The van der Waals surface area contributed by atoms with Crippen molar-refractivity contribution in [2.75, 3.05) is 20.1 Å². The van der Waals surface area contributed by atoms with Crippen LogP contribution in [0.3, 0.4) is 0 Å². The van der Waals surface area contributed by atoms with Gasteiger partial charge in [0.25, 0.3) is 5.56 Å². The van der Waals surface area contributed by atoms with Crippen molar-refractivity contribution in [3.63, 3.8) is 0 Å². The minimum atomic E-state index is 0.0511. The minimum Gasteiger partial charge on any atom is -0.444 e. The standard InChI is InChI=1S/C19H28N4O2/c1-14(2)17-10-20-18(25-17)13-22(4)16-6-8-23(12-16)11-15-5-7-21(3)19(24)9-15/h5,7,9-10,14,16H,6,8,11-13H2,1-4H3/t16-/m0/s1. The van der Waals surface area contributed by atoms with Gasteiger partial charge in [-0.15, -0.1) is 0 Å². The number of rotatable bonds is 6. The Morgan fingerprint density at radius 1 is 1.44 bits per heavy atom. The molecule has 0 amide bonds. The van der Waals surface area contributed by atoms with Gasteiger partial charge in [-0.25, -0.2) is 4.98 Å². The van der Waals surface area contributed by atoms with E-state index in [0.717, 1.165) is 49.8 Å². The summed E-state index contributed by atoms with van der Waals surface area (Å²) in [4.78, 5) is 20.9. The Labute approximate surface area is 149 Å². The number of likely N-dealkylation sites (N-methyl/N-ethyl adjacent to an activating group) is 1. The number of hydrogen-bond donors (Lipinski definition) is 0. The van der Waals surface area contributed by atoms with Crippen LogP contribution in [0.1, 0.15) is 43.4 Å². The molecule has 2 aromatic rings. The molecule has 0 N–H and O–H groups in total. The summed E-state index contributed by atoms with van der Waals surface area (Å²) < 4.78 is 7.42. The van der Waals surface area contributed by atoms with Crippen LogP contribution in [0, 0.1) is 0 Å². The minimum absolute atomic E-state index is 0.0511. The highest BCUT2D eigenvalue weighted by Crippen LogP contribution is 2.20. The summed E-state index contributed by atoms with van der Waals surface area (Å²) in [6.07, 6.45) is 4.80. The number of aryl methyl sites for hydroxylation is 1. The first-order valence-corrected chi connectivity index (χ1v) is 8.95. The molecule has 6 nitrogen and oxygen atoms in total. The zero-order valence-electron chi connectivity index (χ0n) is 15.6. The van der Waals surface area contributed by atoms with Gasteiger partial charge in [0.05, 0.1) is 12.7 Å². The van der Waals surface area contributed by atoms with E-state index in [1.54, 1.807) is 17.7 Å². The van der Waals surface area contributed by atoms with Crippen LogP contribution in [0.4, 0.5) is 0 Å². The second-order valence-corrected chi connectivity index (χ2v) is 7.39. The van der Waals surface area contributed by atoms with Gasteiger partial charge >= 0.3 is 0 Å². The zero-order chi connectivity index (χ0) is 18.0. The Balaban J connectivity index is 1.54. The molecule has 0 unspecified atom stereocenters. The van der Waals surface area contributed by atoms with Crippen molar-refractivity contribution in [2.45, 2.75) is 45.3 Å². The SMILES string of the molecule is CC(C)c1cnc(CN(C)[C@H]2CCN(Cc3ccn(C)c(=O)c3)C2)o1. The summed E-state index contributed by atoms with van der Waals surface area (Å²) in [5.41, 5.74) is 1.14. The van der Waals surface area contributed by atoms with Crippen LogP contribution >= 0.6 is 0 Å². The molecular weight excluding hydrogens is 316 g/mol. The average molecular weight is 344 g/mol. The lowest BCUT2D eigenvalue weighted by Crippen LogP contribution is -2.34. The molecule has 0 aliphatic carbocycles. The maximum Gasteiger partial charge on any atom is 0.250 e. The summed E-state index contributed by atoms with van der Waals surface area (Å²) in [5, 5.41) is 0. The molecule has 0 saturated carbocycles. The van der Waals surface area contributed by atoms with Crippen LogP contribution in [-0.2, 0) is 20.1 Å². The summed E-state index contributed by atoms with van der Waals surface area (Å²) in [6.45, 7) is 7.84. The maximum absolute atomic E-state index is 11.8. The third kappa shape index (κ3) is 4.38. The summed E-state index contributed by atoms with van der Waals surface area (Å²) in [7, 11) is 3.91. The van der Waals surface area contributed by atoms with Gasteiger partial charge in [-0.05, 0) is 25.1 Å². The Hall–Kier alpha value is -1.92. The molecule has 136 valence electrons. The molecule has 3 heterocycles. The zero-order valence-corrected chi connectivity index (χ0v) is 15.6. The number of oxazole rings is 1. The molecule has 0 spiro atoms. The van der Waals surface area contributed by atoms with Gasteiger partial charge in [0.1, 0.15) is 5.76 Å². The fraction of sp³-hybridized carbons (Fsp3) is 0.579. The van der Waals surface area contributed by atoms with Gasteiger partial charge in [0.15, 0.2) is 0 Å². The van der Waals surface area contributed by atoms with E-state index in [1.807, 2.05) is 18.5 Å². The van der Waals surface area contributed by atoms with Crippen LogP contribution in [0.5, 0.6) is 0 Å². The number of aromatic nitrogens is 2. The molecule has 0 bridgehead atoms. The van der Waals surface area contributed by atoms with Crippen LogP contribution < -0.4 is 5.56 Å². The first-order valence-electron chi connectivity index (χ1n) is 8.95. The third-order valence-corrected chi connectivity index (χ3v) is 4.97. The number of pyridine rings is 1. The Bertz CT molecular complexity index is 765. The van der Waals surface area contributed by atoms with E-state index in [0.29, 0.717) is 12.0 Å². The molecule has 0 radical (unpaired) electrons. The van der Waals surface area contributed by atoms with Gasteiger partial charge in [0.2, 0.25) is 5.89 Å². The normalized spacial score (nSPS) is 18.6. The topological polar surface area (TPSA) is 54.5 Å². The largest absolute Gasteiger partial charge is 0.444 e. The second kappa shape index (κ2) is 7.54. The quantitative estimate of drug-likeness (QED) is 0.804. The highest BCUT2D eigenvalue weighted by atomic mass is 16.4. The summed E-state index contributed by atoms with van der Waals surface area (Å²) in [5.74, 6) is 2.10. The predicted molar refractivity (Wildman–Crippen MR) is 97.4 cm³/mol.